The third-order valence-electron chi connectivity index (χ3n) is 3.99. The molecule has 19 heavy (non-hydrogen) atoms. The van der Waals surface area contributed by atoms with Crippen LogP contribution in [0.3, 0.4) is 0 Å². The average Bonchev–Trinajstić information content (AvgIpc) is 3.29. The van der Waals surface area contributed by atoms with Crippen LogP contribution in [-0.2, 0) is 11.3 Å². The van der Waals surface area contributed by atoms with Crippen molar-refractivity contribution < 1.29 is 4.79 Å². The summed E-state index contributed by atoms with van der Waals surface area (Å²) < 4.78 is 0. The number of hydrogen-bond acceptors (Lipinski definition) is 3. The molecule has 1 fully saturated rings. The molecule has 0 spiro atoms. The Bertz CT molecular complexity index is 424. The quantitative estimate of drug-likeness (QED) is 0.853. The van der Waals surface area contributed by atoms with E-state index in [0.717, 1.165) is 18.5 Å². The topological polar surface area (TPSA) is 59.2 Å². The zero-order valence-electron chi connectivity index (χ0n) is 11.8. The first-order valence-corrected chi connectivity index (χ1v) is 7.10. The fraction of sp³-hybridized carbons (Fsp3) is 0.600. The Labute approximate surface area is 115 Å². The molecule has 1 aromatic rings. The van der Waals surface area contributed by atoms with Crippen LogP contribution in [-0.4, -0.2) is 27.4 Å². The van der Waals surface area contributed by atoms with Gasteiger partial charge in [-0.05, 0) is 37.8 Å². The van der Waals surface area contributed by atoms with Gasteiger partial charge in [0.05, 0.1) is 17.8 Å². The Kier molecular flexibility index (Phi) is 4.20. The average molecular weight is 261 g/mol. The van der Waals surface area contributed by atoms with E-state index in [4.69, 9.17) is 5.73 Å². The molecule has 1 aromatic heterocycles. The Hall–Kier alpha value is -1.42. The molecule has 0 aromatic carbocycles. The van der Waals surface area contributed by atoms with E-state index < -0.39 is 5.54 Å². The highest BCUT2D eigenvalue weighted by Crippen LogP contribution is 2.31. The van der Waals surface area contributed by atoms with Crippen molar-refractivity contribution in [3.05, 3.63) is 30.1 Å². The summed E-state index contributed by atoms with van der Waals surface area (Å²) in [5.41, 5.74) is 6.45. The molecule has 1 amide bonds. The fourth-order valence-electron chi connectivity index (χ4n) is 2.26. The highest BCUT2D eigenvalue weighted by Gasteiger charge is 2.40. The number of rotatable bonds is 6. The molecule has 2 rings (SSSR count). The first-order chi connectivity index (χ1) is 9.10. The van der Waals surface area contributed by atoms with Gasteiger partial charge in [-0.2, -0.15) is 0 Å². The van der Waals surface area contributed by atoms with Crippen LogP contribution in [0.25, 0.3) is 0 Å². The van der Waals surface area contributed by atoms with Gasteiger partial charge in [0, 0.05) is 12.2 Å². The lowest BCUT2D eigenvalue weighted by Crippen LogP contribution is -2.55. The molecule has 0 atom stereocenters. The number of nitrogens with two attached hydrogens (primary N) is 1. The summed E-state index contributed by atoms with van der Waals surface area (Å²) in [5.74, 6) is 0.0747. The van der Waals surface area contributed by atoms with Crippen molar-refractivity contribution in [2.75, 3.05) is 0 Å². The smallest absolute Gasteiger partial charge is 0.243 e. The summed E-state index contributed by atoms with van der Waals surface area (Å²) in [6, 6.07) is 6.15. The number of pyridine rings is 1. The van der Waals surface area contributed by atoms with Crippen molar-refractivity contribution in [2.45, 2.75) is 57.7 Å². The normalized spacial score (nSPS) is 15.3. The fourth-order valence-corrected chi connectivity index (χ4v) is 2.26. The standard InChI is InChI=1S/C15H23N3O/c1-3-15(16,4-2)14(19)18(13-8-9-13)11-12-7-5-6-10-17-12/h5-7,10,13H,3-4,8-9,11,16H2,1-2H3. The van der Waals surface area contributed by atoms with E-state index >= 15 is 0 Å². The molecule has 4 heteroatoms. The van der Waals surface area contributed by atoms with Crippen molar-refractivity contribution in [2.24, 2.45) is 5.73 Å². The minimum atomic E-state index is -0.725. The molecule has 1 heterocycles. The number of carbonyl (C=O) groups is 1. The van der Waals surface area contributed by atoms with Crippen LogP contribution in [0.2, 0.25) is 0 Å². The molecule has 1 aliphatic rings. The molecule has 1 saturated carbocycles. The van der Waals surface area contributed by atoms with Crippen LogP contribution in [0.15, 0.2) is 24.4 Å². The Morgan fingerprint density at radius 2 is 2.11 bits per heavy atom. The van der Waals surface area contributed by atoms with Gasteiger partial charge in [-0.15, -0.1) is 0 Å². The van der Waals surface area contributed by atoms with Gasteiger partial charge in [0.15, 0.2) is 0 Å². The van der Waals surface area contributed by atoms with Crippen LogP contribution in [0.5, 0.6) is 0 Å². The Morgan fingerprint density at radius 3 is 2.58 bits per heavy atom. The predicted octanol–water partition coefficient (Wildman–Crippen LogP) is 2.09. The van der Waals surface area contributed by atoms with E-state index in [1.54, 1.807) is 6.20 Å². The Balaban J connectivity index is 2.14. The maximum absolute atomic E-state index is 12.7. The van der Waals surface area contributed by atoms with Crippen LogP contribution >= 0.6 is 0 Å². The predicted molar refractivity (Wildman–Crippen MR) is 75.3 cm³/mol. The Morgan fingerprint density at radius 1 is 1.42 bits per heavy atom. The lowest BCUT2D eigenvalue weighted by molar-refractivity contribution is -0.138. The zero-order chi connectivity index (χ0) is 13.9. The van der Waals surface area contributed by atoms with E-state index in [9.17, 15) is 4.79 Å². The van der Waals surface area contributed by atoms with Crippen LogP contribution in [0, 0.1) is 0 Å². The van der Waals surface area contributed by atoms with Crippen molar-refractivity contribution >= 4 is 5.91 Å². The highest BCUT2D eigenvalue weighted by atomic mass is 16.2. The third-order valence-corrected chi connectivity index (χ3v) is 3.99. The highest BCUT2D eigenvalue weighted by molar-refractivity contribution is 5.86. The third kappa shape index (κ3) is 3.13. The van der Waals surface area contributed by atoms with Gasteiger partial charge in [-0.1, -0.05) is 19.9 Å². The van der Waals surface area contributed by atoms with E-state index in [0.29, 0.717) is 25.4 Å². The number of aromatic nitrogens is 1. The minimum absolute atomic E-state index is 0.0747. The van der Waals surface area contributed by atoms with Gasteiger partial charge in [-0.25, -0.2) is 0 Å². The summed E-state index contributed by atoms with van der Waals surface area (Å²) in [6.45, 7) is 4.53. The summed E-state index contributed by atoms with van der Waals surface area (Å²) in [5, 5.41) is 0. The number of carbonyl (C=O) groups excluding carboxylic acids is 1. The van der Waals surface area contributed by atoms with Gasteiger partial charge >= 0.3 is 0 Å². The van der Waals surface area contributed by atoms with E-state index in [1.807, 2.05) is 36.9 Å². The first-order valence-electron chi connectivity index (χ1n) is 7.10. The maximum Gasteiger partial charge on any atom is 0.243 e. The van der Waals surface area contributed by atoms with Gasteiger partial charge in [0.1, 0.15) is 0 Å². The molecule has 0 unspecified atom stereocenters. The second-order valence-corrected chi connectivity index (χ2v) is 5.35. The monoisotopic (exact) mass is 261 g/mol. The van der Waals surface area contributed by atoms with Crippen LogP contribution in [0.4, 0.5) is 0 Å². The molecule has 0 saturated heterocycles. The molecule has 4 nitrogen and oxygen atoms in total. The second kappa shape index (κ2) is 5.70. The van der Waals surface area contributed by atoms with E-state index in [1.165, 1.54) is 0 Å². The SMILES string of the molecule is CCC(N)(CC)C(=O)N(Cc1ccccn1)C1CC1. The van der Waals surface area contributed by atoms with E-state index in [-0.39, 0.29) is 5.91 Å². The van der Waals surface area contributed by atoms with Gasteiger partial charge in [-0.3, -0.25) is 9.78 Å². The number of hydrogen-bond donors (Lipinski definition) is 1. The largest absolute Gasteiger partial charge is 0.332 e. The first kappa shape index (κ1) is 14.0. The number of amides is 1. The van der Waals surface area contributed by atoms with Gasteiger partial charge < -0.3 is 10.6 Å². The van der Waals surface area contributed by atoms with Crippen LogP contribution < -0.4 is 5.73 Å². The minimum Gasteiger partial charge on any atom is -0.332 e. The molecular formula is C15H23N3O. The maximum atomic E-state index is 12.7. The van der Waals surface area contributed by atoms with Crippen molar-refractivity contribution in [1.29, 1.82) is 0 Å². The van der Waals surface area contributed by atoms with Crippen molar-refractivity contribution in [3.63, 3.8) is 0 Å². The second-order valence-electron chi connectivity index (χ2n) is 5.35. The van der Waals surface area contributed by atoms with Crippen LogP contribution in [0.1, 0.15) is 45.2 Å². The molecule has 0 radical (unpaired) electrons. The zero-order valence-corrected chi connectivity index (χ0v) is 11.8. The molecule has 0 aliphatic heterocycles. The van der Waals surface area contributed by atoms with Gasteiger partial charge in [0.2, 0.25) is 5.91 Å². The molecule has 1 aliphatic carbocycles. The lowest BCUT2D eigenvalue weighted by atomic mass is 9.92. The summed E-state index contributed by atoms with van der Waals surface area (Å²) in [4.78, 5) is 18.9. The number of nitrogens with zero attached hydrogens (tertiary/aromatic N) is 2. The molecule has 2 N–H and O–H groups in total. The molecular weight excluding hydrogens is 238 g/mol. The van der Waals surface area contributed by atoms with Crippen molar-refractivity contribution in [1.82, 2.24) is 9.88 Å². The molecule has 0 bridgehead atoms. The van der Waals surface area contributed by atoms with Gasteiger partial charge in [0.25, 0.3) is 0 Å². The lowest BCUT2D eigenvalue weighted by Gasteiger charge is -2.33. The van der Waals surface area contributed by atoms with E-state index in [2.05, 4.69) is 4.98 Å². The summed E-state index contributed by atoms with van der Waals surface area (Å²) >= 11 is 0. The summed E-state index contributed by atoms with van der Waals surface area (Å²) in [6.07, 6.45) is 5.28. The summed E-state index contributed by atoms with van der Waals surface area (Å²) in [7, 11) is 0. The van der Waals surface area contributed by atoms with Crippen molar-refractivity contribution in [3.8, 4) is 0 Å². The molecule has 104 valence electrons.